The fourth-order valence-electron chi connectivity index (χ4n) is 1.58. The molecule has 0 atom stereocenters. The van der Waals surface area contributed by atoms with E-state index in [9.17, 15) is 15.0 Å². The molecule has 2 N–H and O–H groups in total. The van der Waals surface area contributed by atoms with E-state index in [1.165, 1.54) is 30.2 Å². The summed E-state index contributed by atoms with van der Waals surface area (Å²) in [6.45, 7) is 0.886. The Morgan fingerprint density at radius 3 is 2.79 bits per heavy atom. The van der Waals surface area contributed by atoms with Gasteiger partial charge in [-0.05, 0) is 12.1 Å². The van der Waals surface area contributed by atoms with Crippen LogP contribution in [0.1, 0.15) is 16.8 Å². The molecule has 1 amide bonds. The van der Waals surface area contributed by atoms with Crippen molar-refractivity contribution in [2.45, 2.75) is 6.42 Å². The minimum absolute atomic E-state index is 0.00837. The normalized spacial score (nSPS) is 9.89. The van der Waals surface area contributed by atoms with Crippen LogP contribution in [0.15, 0.2) is 18.2 Å². The van der Waals surface area contributed by atoms with Gasteiger partial charge in [-0.15, -0.1) is 0 Å². The SMILES string of the molecule is COCCN(CCC#N)C(=O)c1cccc(O)c1O. The number of amides is 1. The molecule has 19 heavy (non-hydrogen) atoms. The molecule has 0 aliphatic carbocycles. The molecule has 0 aliphatic rings. The fraction of sp³-hybridized carbons (Fsp3) is 0.385. The van der Waals surface area contributed by atoms with E-state index in [4.69, 9.17) is 10.00 Å². The number of methoxy groups -OCH3 is 1. The Hall–Kier alpha value is -2.26. The first-order chi connectivity index (χ1) is 9.11. The second kappa shape index (κ2) is 7.24. The molecule has 1 aromatic rings. The first-order valence-corrected chi connectivity index (χ1v) is 5.78. The van der Waals surface area contributed by atoms with Gasteiger partial charge in [-0.1, -0.05) is 6.07 Å². The highest BCUT2D eigenvalue weighted by Crippen LogP contribution is 2.29. The van der Waals surface area contributed by atoms with Gasteiger partial charge in [-0.25, -0.2) is 0 Å². The summed E-state index contributed by atoms with van der Waals surface area (Å²) in [7, 11) is 1.51. The second-order valence-corrected chi connectivity index (χ2v) is 3.87. The van der Waals surface area contributed by atoms with Crippen LogP contribution in [-0.2, 0) is 4.74 Å². The number of para-hydroxylation sites is 1. The van der Waals surface area contributed by atoms with Crippen LogP contribution in [0, 0.1) is 11.3 Å². The van der Waals surface area contributed by atoms with Gasteiger partial charge in [0.25, 0.3) is 5.91 Å². The molecule has 102 valence electrons. The zero-order chi connectivity index (χ0) is 14.3. The van der Waals surface area contributed by atoms with Crippen LogP contribution in [0.3, 0.4) is 0 Å². The van der Waals surface area contributed by atoms with Crippen LogP contribution in [0.5, 0.6) is 11.5 Å². The summed E-state index contributed by atoms with van der Waals surface area (Å²) in [5.74, 6) is -1.25. The molecule has 1 aromatic carbocycles. The van der Waals surface area contributed by atoms with E-state index in [0.717, 1.165) is 0 Å². The molecule has 0 heterocycles. The van der Waals surface area contributed by atoms with Crippen LogP contribution in [0.4, 0.5) is 0 Å². The molecule has 6 heteroatoms. The number of phenols is 2. The van der Waals surface area contributed by atoms with Gasteiger partial charge < -0.3 is 19.8 Å². The van der Waals surface area contributed by atoms with Crippen LogP contribution in [-0.4, -0.2) is 47.8 Å². The summed E-state index contributed by atoms with van der Waals surface area (Å²) in [5.41, 5.74) is 0.00837. The molecule has 0 aliphatic heterocycles. The molecular formula is C13H16N2O4. The van der Waals surface area contributed by atoms with E-state index in [1.807, 2.05) is 6.07 Å². The topological polar surface area (TPSA) is 93.8 Å². The van der Waals surface area contributed by atoms with Gasteiger partial charge in [0.15, 0.2) is 11.5 Å². The minimum Gasteiger partial charge on any atom is -0.504 e. The van der Waals surface area contributed by atoms with Gasteiger partial charge in [0.2, 0.25) is 0 Å². The van der Waals surface area contributed by atoms with E-state index in [1.54, 1.807) is 0 Å². The maximum absolute atomic E-state index is 12.2. The summed E-state index contributed by atoms with van der Waals surface area (Å²) < 4.78 is 4.90. The molecule has 0 spiro atoms. The lowest BCUT2D eigenvalue weighted by atomic mass is 10.1. The maximum Gasteiger partial charge on any atom is 0.257 e. The number of nitriles is 1. The first kappa shape index (κ1) is 14.8. The number of nitrogens with zero attached hydrogens (tertiary/aromatic N) is 2. The van der Waals surface area contributed by atoms with E-state index in [2.05, 4.69) is 0 Å². The highest BCUT2D eigenvalue weighted by Gasteiger charge is 2.20. The van der Waals surface area contributed by atoms with Crippen molar-refractivity contribution in [1.82, 2.24) is 4.90 Å². The van der Waals surface area contributed by atoms with E-state index in [-0.39, 0.29) is 24.3 Å². The molecule has 6 nitrogen and oxygen atoms in total. The Kier molecular flexibility index (Phi) is 5.64. The number of hydrogen-bond donors (Lipinski definition) is 2. The smallest absolute Gasteiger partial charge is 0.257 e. The average molecular weight is 264 g/mol. The Morgan fingerprint density at radius 2 is 2.16 bits per heavy atom. The molecule has 0 fully saturated rings. The van der Waals surface area contributed by atoms with Gasteiger partial charge in [-0.2, -0.15) is 5.26 Å². The van der Waals surface area contributed by atoms with Crippen molar-refractivity contribution in [1.29, 1.82) is 5.26 Å². The summed E-state index contributed by atoms with van der Waals surface area (Å²) in [5, 5.41) is 27.6. The van der Waals surface area contributed by atoms with Gasteiger partial charge in [0.05, 0.1) is 24.7 Å². The molecule has 1 rings (SSSR count). The lowest BCUT2D eigenvalue weighted by Gasteiger charge is -2.21. The number of phenolic OH excluding ortho intramolecular Hbond substituents is 2. The third kappa shape index (κ3) is 3.86. The van der Waals surface area contributed by atoms with Crippen LogP contribution < -0.4 is 0 Å². The van der Waals surface area contributed by atoms with Crippen LogP contribution >= 0.6 is 0 Å². The Morgan fingerprint density at radius 1 is 1.42 bits per heavy atom. The van der Waals surface area contributed by atoms with E-state index >= 15 is 0 Å². The zero-order valence-electron chi connectivity index (χ0n) is 10.7. The van der Waals surface area contributed by atoms with E-state index < -0.39 is 11.7 Å². The van der Waals surface area contributed by atoms with Crippen molar-refractivity contribution in [2.75, 3.05) is 26.8 Å². The van der Waals surface area contributed by atoms with Crippen molar-refractivity contribution in [3.05, 3.63) is 23.8 Å². The van der Waals surface area contributed by atoms with Crippen molar-refractivity contribution >= 4 is 5.91 Å². The highest BCUT2D eigenvalue weighted by molar-refractivity contribution is 5.97. The Labute approximate surface area is 111 Å². The van der Waals surface area contributed by atoms with Crippen molar-refractivity contribution in [3.8, 4) is 17.6 Å². The summed E-state index contributed by atoms with van der Waals surface area (Å²) in [6, 6.07) is 6.15. The quantitative estimate of drug-likeness (QED) is 0.750. The van der Waals surface area contributed by atoms with Gasteiger partial charge in [0.1, 0.15) is 0 Å². The first-order valence-electron chi connectivity index (χ1n) is 5.78. The molecule has 0 bridgehead atoms. The predicted octanol–water partition coefficient (Wildman–Crippen LogP) is 1.10. The van der Waals surface area contributed by atoms with Crippen LogP contribution in [0.25, 0.3) is 0 Å². The lowest BCUT2D eigenvalue weighted by molar-refractivity contribution is 0.0696. The lowest BCUT2D eigenvalue weighted by Crippen LogP contribution is -2.34. The molecule has 0 radical (unpaired) electrons. The number of carbonyl (C=O) groups excluding carboxylic acids is 1. The number of ether oxygens (including phenoxy) is 1. The monoisotopic (exact) mass is 264 g/mol. The number of carbonyl (C=O) groups is 1. The number of aromatic hydroxyl groups is 2. The van der Waals surface area contributed by atoms with Gasteiger partial charge in [-0.3, -0.25) is 4.79 Å². The van der Waals surface area contributed by atoms with Crippen LogP contribution in [0.2, 0.25) is 0 Å². The fourth-order valence-corrected chi connectivity index (χ4v) is 1.58. The van der Waals surface area contributed by atoms with Crippen molar-refractivity contribution < 1.29 is 19.7 Å². The van der Waals surface area contributed by atoms with Crippen molar-refractivity contribution in [2.24, 2.45) is 0 Å². The summed E-state index contributed by atoms with van der Waals surface area (Å²) in [6.07, 6.45) is 0.190. The second-order valence-electron chi connectivity index (χ2n) is 3.87. The average Bonchev–Trinajstić information content (AvgIpc) is 2.41. The third-order valence-corrected chi connectivity index (χ3v) is 2.59. The molecule has 0 unspecified atom stereocenters. The Balaban J connectivity index is 2.91. The number of hydrogen-bond acceptors (Lipinski definition) is 5. The number of benzene rings is 1. The van der Waals surface area contributed by atoms with Gasteiger partial charge in [0, 0.05) is 20.2 Å². The van der Waals surface area contributed by atoms with Gasteiger partial charge >= 0.3 is 0 Å². The summed E-state index contributed by atoms with van der Waals surface area (Å²) >= 11 is 0. The molecular weight excluding hydrogens is 248 g/mol. The van der Waals surface area contributed by atoms with Crippen molar-refractivity contribution in [3.63, 3.8) is 0 Å². The molecule has 0 aromatic heterocycles. The molecule has 0 saturated heterocycles. The largest absolute Gasteiger partial charge is 0.504 e. The standard InChI is InChI=1S/C13H16N2O4/c1-19-9-8-15(7-3-6-14)13(18)10-4-2-5-11(16)12(10)17/h2,4-5,16-17H,3,7-9H2,1H3. The Bertz CT molecular complexity index is 482. The zero-order valence-corrected chi connectivity index (χ0v) is 10.7. The highest BCUT2D eigenvalue weighted by atomic mass is 16.5. The predicted molar refractivity (Wildman–Crippen MR) is 67.8 cm³/mol. The third-order valence-electron chi connectivity index (χ3n) is 2.59. The minimum atomic E-state index is -0.452. The summed E-state index contributed by atoms with van der Waals surface area (Å²) in [4.78, 5) is 13.6. The maximum atomic E-state index is 12.2. The molecule has 0 saturated carbocycles. The number of rotatable bonds is 6. The van der Waals surface area contributed by atoms with E-state index in [0.29, 0.717) is 13.2 Å².